The van der Waals surface area contributed by atoms with Gasteiger partial charge in [0.2, 0.25) is 0 Å². The van der Waals surface area contributed by atoms with E-state index in [9.17, 15) is 49.1 Å². The van der Waals surface area contributed by atoms with Gasteiger partial charge in [-0.15, -0.1) is 0 Å². The number of piperazine rings is 1. The number of amides is 2. The van der Waals surface area contributed by atoms with Crippen molar-refractivity contribution in [3.05, 3.63) is 69.7 Å². The Bertz CT molecular complexity index is 1240. The average molecular weight is 616 g/mol. The third kappa shape index (κ3) is 7.08. The van der Waals surface area contributed by atoms with Gasteiger partial charge in [0, 0.05) is 61.8 Å². The standard InChI is InChI=1S/C26H23ClF9N3O2/c27-19-3-1-15(2-4-19)20-14-39(6-5-21(20)37-7-9-38(10-8-37)23(41)26(34,35)36)22(40)16-11-17(24(28,29)30)13-18(12-16)25(31,32)33/h1-4,11-13,20-21H,5-10,14H2/t20-,21-/m0/s1. The lowest BCUT2D eigenvalue weighted by molar-refractivity contribution is -0.187. The minimum atomic E-state index is -5.12. The van der Waals surface area contributed by atoms with Crippen molar-refractivity contribution >= 4 is 23.4 Å². The van der Waals surface area contributed by atoms with Crippen molar-refractivity contribution in [2.75, 3.05) is 39.3 Å². The summed E-state index contributed by atoms with van der Waals surface area (Å²) in [6.45, 7) is -0.262. The van der Waals surface area contributed by atoms with Crippen molar-refractivity contribution in [2.24, 2.45) is 0 Å². The van der Waals surface area contributed by atoms with E-state index in [0.717, 1.165) is 0 Å². The second-order valence-corrected chi connectivity index (χ2v) is 10.3. The summed E-state index contributed by atoms with van der Waals surface area (Å²) in [7, 11) is 0. The minimum absolute atomic E-state index is 0.0210. The number of hydrogen-bond donors (Lipinski definition) is 0. The van der Waals surface area contributed by atoms with E-state index in [4.69, 9.17) is 11.6 Å². The molecule has 0 N–H and O–H groups in total. The van der Waals surface area contributed by atoms with Crippen LogP contribution in [-0.4, -0.2) is 78.0 Å². The molecule has 0 spiro atoms. The summed E-state index contributed by atoms with van der Waals surface area (Å²) in [6.07, 6.45) is -15.0. The molecule has 2 amide bonds. The first-order valence-electron chi connectivity index (χ1n) is 12.4. The molecule has 4 rings (SSSR count). The van der Waals surface area contributed by atoms with E-state index in [1.807, 2.05) is 4.90 Å². The van der Waals surface area contributed by atoms with Crippen LogP contribution in [0.4, 0.5) is 39.5 Å². The highest BCUT2D eigenvalue weighted by Gasteiger charge is 2.45. The fraction of sp³-hybridized carbons (Fsp3) is 0.462. The molecule has 2 aliphatic heterocycles. The predicted molar refractivity (Wildman–Crippen MR) is 129 cm³/mol. The molecule has 0 aliphatic carbocycles. The molecule has 0 unspecified atom stereocenters. The van der Waals surface area contributed by atoms with Crippen LogP contribution in [0, 0.1) is 0 Å². The molecule has 0 radical (unpaired) electrons. The normalized spacial score (nSPS) is 21.2. The summed E-state index contributed by atoms with van der Waals surface area (Å²) in [5.41, 5.74) is -3.30. The molecule has 2 fully saturated rings. The van der Waals surface area contributed by atoms with E-state index in [2.05, 4.69) is 0 Å². The third-order valence-corrected chi connectivity index (χ3v) is 7.56. The fourth-order valence-corrected chi connectivity index (χ4v) is 5.42. The van der Waals surface area contributed by atoms with Crippen molar-refractivity contribution in [3.8, 4) is 0 Å². The molecule has 2 aliphatic rings. The molecule has 2 aromatic carbocycles. The van der Waals surface area contributed by atoms with Gasteiger partial charge in [-0.25, -0.2) is 0 Å². The summed E-state index contributed by atoms with van der Waals surface area (Å²) in [5, 5.41) is 0.400. The predicted octanol–water partition coefficient (Wildman–Crippen LogP) is 6.08. The molecular weight excluding hydrogens is 593 g/mol. The van der Waals surface area contributed by atoms with Gasteiger partial charge >= 0.3 is 24.4 Å². The van der Waals surface area contributed by atoms with Crippen molar-refractivity contribution in [1.82, 2.24) is 14.7 Å². The van der Waals surface area contributed by atoms with Crippen LogP contribution in [-0.2, 0) is 17.1 Å². The van der Waals surface area contributed by atoms with Crippen molar-refractivity contribution < 1.29 is 49.1 Å². The summed E-state index contributed by atoms with van der Waals surface area (Å²) >= 11 is 5.99. The van der Waals surface area contributed by atoms with E-state index >= 15 is 0 Å². The second-order valence-electron chi connectivity index (χ2n) is 9.89. The SMILES string of the molecule is O=C(c1cc(C(F)(F)F)cc(C(F)(F)F)c1)N1CC[C@H](N2CCN(C(=O)C(F)(F)F)CC2)[C@H](c2ccc(Cl)cc2)C1. The smallest absolute Gasteiger partial charge is 0.338 e. The third-order valence-electron chi connectivity index (χ3n) is 7.31. The van der Waals surface area contributed by atoms with Gasteiger partial charge < -0.3 is 9.80 Å². The number of hydrogen-bond acceptors (Lipinski definition) is 3. The van der Waals surface area contributed by atoms with Crippen LogP contribution in [0.2, 0.25) is 5.02 Å². The maximum atomic E-state index is 13.4. The molecule has 41 heavy (non-hydrogen) atoms. The van der Waals surface area contributed by atoms with Crippen LogP contribution >= 0.6 is 11.6 Å². The highest BCUT2D eigenvalue weighted by molar-refractivity contribution is 6.30. The van der Waals surface area contributed by atoms with E-state index in [1.54, 1.807) is 24.3 Å². The van der Waals surface area contributed by atoms with Crippen LogP contribution in [0.15, 0.2) is 42.5 Å². The highest BCUT2D eigenvalue weighted by atomic mass is 35.5. The highest BCUT2D eigenvalue weighted by Crippen LogP contribution is 2.38. The zero-order chi connectivity index (χ0) is 30.3. The quantitative estimate of drug-likeness (QED) is 0.393. The molecule has 0 saturated carbocycles. The first-order valence-corrected chi connectivity index (χ1v) is 12.8. The number of alkyl halides is 9. The van der Waals surface area contributed by atoms with Crippen molar-refractivity contribution in [1.29, 1.82) is 0 Å². The second kappa shape index (κ2) is 11.3. The number of rotatable bonds is 3. The van der Waals surface area contributed by atoms with Gasteiger partial charge in [0.25, 0.3) is 5.91 Å². The maximum absolute atomic E-state index is 13.4. The van der Waals surface area contributed by atoms with Gasteiger partial charge in [0.05, 0.1) is 11.1 Å². The van der Waals surface area contributed by atoms with Gasteiger partial charge in [-0.2, -0.15) is 39.5 Å². The first kappa shape index (κ1) is 30.9. The molecule has 2 aromatic rings. The Balaban J connectivity index is 1.59. The largest absolute Gasteiger partial charge is 0.471 e. The van der Waals surface area contributed by atoms with Crippen LogP contribution in [0.25, 0.3) is 0 Å². The number of nitrogens with zero attached hydrogens (tertiary/aromatic N) is 3. The number of piperidine rings is 1. The summed E-state index contributed by atoms with van der Waals surface area (Å²) in [6, 6.07) is 6.88. The Labute approximate surface area is 233 Å². The zero-order valence-corrected chi connectivity index (χ0v) is 21.8. The maximum Gasteiger partial charge on any atom is 0.471 e. The molecule has 224 valence electrons. The first-order chi connectivity index (χ1) is 18.9. The Morgan fingerprint density at radius 1 is 0.732 bits per heavy atom. The summed E-state index contributed by atoms with van der Waals surface area (Å²) in [5.74, 6) is -3.45. The van der Waals surface area contributed by atoms with Gasteiger partial charge in [0.15, 0.2) is 0 Å². The lowest BCUT2D eigenvalue weighted by Gasteiger charge is -2.47. The van der Waals surface area contributed by atoms with Gasteiger partial charge in [-0.1, -0.05) is 23.7 Å². The minimum Gasteiger partial charge on any atom is -0.338 e. The molecule has 2 atom stereocenters. The monoisotopic (exact) mass is 615 g/mol. The number of carbonyl (C=O) groups excluding carboxylic acids is 2. The number of carbonyl (C=O) groups is 2. The lowest BCUT2D eigenvalue weighted by Crippen LogP contribution is -2.58. The van der Waals surface area contributed by atoms with E-state index in [1.165, 1.54) is 4.90 Å². The number of halogens is 10. The molecule has 2 heterocycles. The Morgan fingerprint density at radius 3 is 1.76 bits per heavy atom. The van der Waals surface area contributed by atoms with Crippen LogP contribution in [0.1, 0.15) is 39.4 Å². The van der Waals surface area contributed by atoms with Crippen LogP contribution in [0.3, 0.4) is 0 Å². The molecule has 5 nitrogen and oxygen atoms in total. The Kier molecular flexibility index (Phi) is 8.57. The fourth-order valence-electron chi connectivity index (χ4n) is 5.30. The summed E-state index contributed by atoms with van der Waals surface area (Å²) in [4.78, 5) is 28.7. The van der Waals surface area contributed by atoms with Gasteiger partial charge in [-0.3, -0.25) is 14.5 Å². The van der Waals surface area contributed by atoms with Crippen LogP contribution in [0.5, 0.6) is 0 Å². The molecule has 0 bridgehead atoms. The molecule has 2 saturated heterocycles. The number of benzene rings is 2. The molecule has 0 aromatic heterocycles. The van der Waals surface area contributed by atoms with Crippen LogP contribution < -0.4 is 0 Å². The summed E-state index contributed by atoms with van der Waals surface area (Å²) < 4.78 is 119. The van der Waals surface area contributed by atoms with E-state index in [-0.39, 0.29) is 57.8 Å². The van der Waals surface area contributed by atoms with Gasteiger partial charge in [0.1, 0.15) is 0 Å². The number of likely N-dealkylation sites (tertiary alicyclic amines) is 1. The molecule has 15 heteroatoms. The zero-order valence-electron chi connectivity index (χ0n) is 21.1. The van der Waals surface area contributed by atoms with Crippen molar-refractivity contribution in [2.45, 2.75) is 36.9 Å². The van der Waals surface area contributed by atoms with Crippen molar-refractivity contribution in [3.63, 3.8) is 0 Å². The van der Waals surface area contributed by atoms with Gasteiger partial charge in [-0.05, 0) is 42.3 Å². The lowest BCUT2D eigenvalue weighted by atomic mass is 9.84. The Morgan fingerprint density at radius 2 is 1.27 bits per heavy atom. The average Bonchev–Trinajstić information content (AvgIpc) is 2.91. The topological polar surface area (TPSA) is 43.9 Å². The van der Waals surface area contributed by atoms with E-state index < -0.39 is 53.0 Å². The van der Waals surface area contributed by atoms with E-state index in [0.29, 0.717) is 27.6 Å². The molecular formula is C26H23ClF9N3O2. The Hall–Kier alpha value is -3.00.